The van der Waals surface area contributed by atoms with Crippen molar-refractivity contribution in [3.05, 3.63) is 58.7 Å². The van der Waals surface area contributed by atoms with Crippen molar-refractivity contribution in [1.82, 2.24) is 9.88 Å². The van der Waals surface area contributed by atoms with Gasteiger partial charge in [-0.3, -0.25) is 4.90 Å². The second-order valence-corrected chi connectivity index (χ2v) is 5.91. The molecule has 1 unspecified atom stereocenters. The molecular formula is C16H20BrN3. The number of hydrogen-bond acceptors (Lipinski definition) is 3. The van der Waals surface area contributed by atoms with Gasteiger partial charge in [-0.1, -0.05) is 30.3 Å². The molecule has 0 aliphatic carbocycles. The average Bonchev–Trinajstić information content (AvgIpc) is 2.47. The Morgan fingerprint density at radius 2 is 1.95 bits per heavy atom. The molecule has 2 aromatic rings. The summed E-state index contributed by atoms with van der Waals surface area (Å²) in [6.45, 7) is 4.05. The maximum atomic E-state index is 4.32. The first-order chi connectivity index (χ1) is 9.65. The van der Waals surface area contributed by atoms with Crippen LogP contribution < -0.4 is 5.32 Å². The van der Waals surface area contributed by atoms with E-state index >= 15 is 0 Å². The Balaban J connectivity index is 1.82. The minimum Gasteiger partial charge on any atom is -0.369 e. The Bertz CT molecular complexity index is 513. The summed E-state index contributed by atoms with van der Waals surface area (Å²) in [4.78, 5) is 6.65. The van der Waals surface area contributed by atoms with Gasteiger partial charge >= 0.3 is 0 Å². The van der Waals surface area contributed by atoms with Gasteiger partial charge in [0.1, 0.15) is 5.82 Å². The summed E-state index contributed by atoms with van der Waals surface area (Å²) in [6.07, 6.45) is 1.81. The zero-order valence-electron chi connectivity index (χ0n) is 11.9. The quantitative estimate of drug-likeness (QED) is 0.871. The van der Waals surface area contributed by atoms with Crippen molar-refractivity contribution in [2.24, 2.45) is 0 Å². The van der Waals surface area contributed by atoms with Crippen LogP contribution in [0.3, 0.4) is 0 Å². The smallest absolute Gasteiger partial charge is 0.126 e. The van der Waals surface area contributed by atoms with E-state index < -0.39 is 0 Å². The number of aromatic nitrogens is 1. The summed E-state index contributed by atoms with van der Waals surface area (Å²) >= 11 is 3.39. The molecule has 0 saturated carbocycles. The highest BCUT2D eigenvalue weighted by Crippen LogP contribution is 2.11. The van der Waals surface area contributed by atoms with Crippen LogP contribution in [-0.2, 0) is 6.54 Å². The van der Waals surface area contributed by atoms with Gasteiger partial charge in [-0.2, -0.15) is 0 Å². The fraction of sp³-hybridized carbons (Fsp3) is 0.312. The maximum absolute atomic E-state index is 4.32. The molecule has 0 aliphatic heterocycles. The Morgan fingerprint density at radius 1 is 1.20 bits per heavy atom. The minimum absolute atomic E-state index is 0.431. The van der Waals surface area contributed by atoms with E-state index in [9.17, 15) is 0 Å². The molecule has 20 heavy (non-hydrogen) atoms. The summed E-state index contributed by atoms with van der Waals surface area (Å²) in [5.41, 5.74) is 1.34. The summed E-state index contributed by atoms with van der Waals surface area (Å²) in [5.74, 6) is 0.910. The maximum Gasteiger partial charge on any atom is 0.126 e. The van der Waals surface area contributed by atoms with Gasteiger partial charge in [0.15, 0.2) is 0 Å². The summed E-state index contributed by atoms with van der Waals surface area (Å²) in [6, 6.07) is 14.9. The number of nitrogens with one attached hydrogen (secondary N) is 1. The van der Waals surface area contributed by atoms with Crippen LogP contribution in [0.15, 0.2) is 53.1 Å². The molecule has 0 aliphatic rings. The summed E-state index contributed by atoms with van der Waals surface area (Å²) < 4.78 is 0.997. The van der Waals surface area contributed by atoms with Gasteiger partial charge in [-0.15, -0.1) is 0 Å². The number of likely N-dealkylation sites (N-methyl/N-ethyl adjacent to an activating group) is 1. The van der Waals surface area contributed by atoms with Gasteiger partial charge in [0.2, 0.25) is 0 Å². The summed E-state index contributed by atoms with van der Waals surface area (Å²) in [7, 11) is 2.15. The molecule has 0 saturated heterocycles. The lowest BCUT2D eigenvalue weighted by Gasteiger charge is -2.25. The van der Waals surface area contributed by atoms with Crippen LogP contribution in [0.4, 0.5) is 5.82 Å². The highest BCUT2D eigenvalue weighted by Gasteiger charge is 2.09. The second-order valence-electron chi connectivity index (χ2n) is 4.99. The largest absolute Gasteiger partial charge is 0.369 e. The molecule has 0 amide bonds. The van der Waals surface area contributed by atoms with E-state index in [2.05, 4.69) is 69.4 Å². The number of pyridine rings is 1. The van der Waals surface area contributed by atoms with Crippen LogP contribution in [-0.4, -0.2) is 29.5 Å². The van der Waals surface area contributed by atoms with Crippen molar-refractivity contribution in [2.45, 2.75) is 19.5 Å². The van der Waals surface area contributed by atoms with Crippen LogP contribution in [0.2, 0.25) is 0 Å². The van der Waals surface area contributed by atoms with Crippen LogP contribution in [0.5, 0.6) is 0 Å². The number of benzene rings is 1. The molecular weight excluding hydrogens is 314 g/mol. The molecule has 106 valence electrons. The van der Waals surface area contributed by atoms with Crippen molar-refractivity contribution >= 4 is 21.7 Å². The van der Waals surface area contributed by atoms with Gasteiger partial charge in [0.25, 0.3) is 0 Å². The van der Waals surface area contributed by atoms with Gasteiger partial charge in [-0.25, -0.2) is 4.98 Å². The van der Waals surface area contributed by atoms with Gasteiger partial charge in [0, 0.05) is 29.8 Å². The number of anilines is 1. The minimum atomic E-state index is 0.431. The van der Waals surface area contributed by atoms with E-state index in [0.717, 1.165) is 23.4 Å². The molecule has 3 nitrogen and oxygen atoms in total. The number of hydrogen-bond donors (Lipinski definition) is 1. The fourth-order valence-electron chi connectivity index (χ4n) is 1.92. The third-order valence-corrected chi connectivity index (χ3v) is 3.80. The average molecular weight is 334 g/mol. The number of rotatable bonds is 6. The van der Waals surface area contributed by atoms with E-state index in [-0.39, 0.29) is 0 Å². The zero-order chi connectivity index (χ0) is 14.4. The predicted molar refractivity (Wildman–Crippen MR) is 87.8 cm³/mol. The molecule has 0 radical (unpaired) electrons. The van der Waals surface area contributed by atoms with Crippen molar-refractivity contribution < 1.29 is 0 Å². The molecule has 0 spiro atoms. The van der Waals surface area contributed by atoms with Crippen molar-refractivity contribution in [3.8, 4) is 0 Å². The van der Waals surface area contributed by atoms with Crippen LogP contribution in [0.25, 0.3) is 0 Å². The third kappa shape index (κ3) is 4.62. The fourth-order valence-corrected chi connectivity index (χ4v) is 2.15. The Morgan fingerprint density at radius 3 is 2.60 bits per heavy atom. The van der Waals surface area contributed by atoms with Crippen LogP contribution in [0.1, 0.15) is 12.5 Å². The standard InChI is InChI=1S/C16H20BrN3/c1-13(10-18-16-9-8-15(17)11-19-16)20(2)12-14-6-4-3-5-7-14/h3-9,11,13H,10,12H2,1-2H3,(H,18,19). The Labute approximate surface area is 129 Å². The van der Waals surface area contributed by atoms with E-state index in [1.807, 2.05) is 18.2 Å². The van der Waals surface area contributed by atoms with Crippen LogP contribution >= 0.6 is 15.9 Å². The first-order valence-electron chi connectivity index (χ1n) is 6.75. The Kier molecular flexibility index (Phi) is 5.56. The highest BCUT2D eigenvalue weighted by atomic mass is 79.9. The number of halogens is 1. The Hall–Kier alpha value is -1.39. The van der Waals surface area contributed by atoms with Gasteiger partial charge in [-0.05, 0) is 47.6 Å². The van der Waals surface area contributed by atoms with Crippen molar-refractivity contribution in [3.63, 3.8) is 0 Å². The van der Waals surface area contributed by atoms with Crippen LogP contribution in [0, 0.1) is 0 Å². The molecule has 4 heteroatoms. The molecule has 1 heterocycles. The van der Waals surface area contributed by atoms with Gasteiger partial charge < -0.3 is 5.32 Å². The molecule has 1 aromatic carbocycles. The second kappa shape index (κ2) is 7.41. The summed E-state index contributed by atoms with van der Waals surface area (Å²) in [5, 5.41) is 3.36. The van der Waals surface area contributed by atoms with Crippen molar-refractivity contribution in [1.29, 1.82) is 0 Å². The van der Waals surface area contributed by atoms with Gasteiger partial charge in [0.05, 0.1) is 0 Å². The predicted octanol–water partition coefficient (Wildman–Crippen LogP) is 3.78. The lowest BCUT2D eigenvalue weighted by molar-refractivity contribution is 0.259. The normalized spacial score (nSPS) is 12.4. The SMILES string of the molecule is CC(CNc1ccc(Br)cn1)N(C)Cc1ccccc1. The molecule has 1 N–H and O–H groups in total. The first kappa shape index (κ1) is 15.0. The third-order valence-electron chi connectivity index (χ3n) is 3.33. The topological polar surface area (TPSA) is 28.2 Å². The highest BCUT2D eigenvalue weighted by molar-refractivity contribution is 9.10. The monoisotopic (exact) mass is 333 g/mol. The molecule has 1 aromatic heterocycles. The van der Waals surface area contributed by atoms with E-state index in [1.165, 1.54) is 5.56 Å². The zero-order valence-corrected chi connectivity index (χ0v) is 13.5. The first-order valence-corrected chi connectivity index (χ1v) is 7.54. The number of nitrogens with zero attached hydrogens (tertiary/aromatic N) is 2. The molecule has 0 fully saturated rings. The lowest BCUT2D eigenvalue weighted by Crippen LogP contribution is -2.34. The van der Waals surface area contributed by atoms with E-state index in [1.54, 1.807) is 6.20 Å². The molecule has 2 rings (SSSR count). The molecule has 1 atom stereocenters. The molecule has 0 bridgehead atoms. The van der Waals surface area contributed by atoms with Crippen molar-refractivity contribution in [2.75, 3.05) is 18.9 Å². The van der Waals surface area contributed by atoms with E-state index in [4.69, 9.17) is 0 Å². The lowest BCUT2D eigenvalue weighted by atomic mass is 10.2. The van der Waals surface area contributed by atoms with E-state index in [0.29, 0.717) is 6.04 Å².